The lowest BCUT2D eigenvalue weighted by Crippen LogP contribution is -2.65. The van der Waals surface area contributed by atoms with Gasteiger partial charge < -0.3 is 47.7 Å². The number of hydrogen-bond donors (Lipinski definition) is 1. The van der Waals surface area contributed by atoms with Gasteiger partial charge >= 0.3 is 35.8 Å². The fourth-order valence-electron chi connectivity index (χ4n) is 6.91. The Balaban J connectivity index is 1.30. The third-order valence-corrected chi connectivity index (χ3v) is 10.0. The van der Waals surface area contributed by atoms with E-state index in [1.54, 1.807) is 91.0 Å². The first-order valence-electron chi connectivity index (χ1n) is 20.1. The van der Waals surface area contributed by atoms with Crippen LogP contribution < -0.4 is 0 Å². The van der Waals surface area contributed by atoms with Crippen LogP contribution in [0.5, 0.6) is 0 Å². The van der Waals surface area contributed by atoms with E-state index in [4.69, 9.17) is 42.6 Å². The van der Waals surface area contributed by atoms with Crippen molar-refractivity contribution in [2.24, 2.45) is 0 Å². The Morgan fingerprint density at radius 1 is 0.484 bits per heavy atom. The van der Waals surface area contributed by atoms with Gasteiger partial charge in [-0.1, -0.05) is 91.0 Å². The van der Waals surface area contributed by atoms with E-state index in [1.807, 2.05) is 0 Å². The van der Waals surface area contributed by atoms with Gasteiger partial charge in [0.25, 0.3) is 0 Å². The lowest BCUT2D eigenvalue weighted by atomic mass is 9.97. The molecule has 0 amide bonds. The van der Waals surface area contributed by atoms with Gasteiger partial charge in [-0.3, -0.25) is 4.79 Å². The van der Waals surface area contributed by atoms with Crippen molar-refractivity contribution in [1.82, 2.24) is 0 Å². The summed E-state index contributed by atoms with van der Waals surface area (Å²) in [4.78, 5) is 81.1. The van der Waals surface area contributed by atoms with Crippen LogP contribution >= 0.6 is 0 Å². The average Bonchev–Trinajstić information content (AvgIpc) is 3.33. The first-order valence-corrected chi connectivity index (χ1v) is 20.1. The Bertz CT molecular complexity index is 2360. The number of hydrogen-bond acceptors (Lipinski definition) is 16. The van der Waals surface area contributed by atoms with Crippen molar-refractivity contribution in [3.8, 4) is 0 Å². The molecule has 5 aromatic carbocycles. The van der Waals surface area contributed by atoms with Gasteiger partial charge in [0.15, 0.2) is 43.1 Å². The van der Waals surface area contributed by atoms with Crippen LogP contribution in [0.3, 0.4) is 0 Å². The van der Waals surface area contributed by atoms with Crippen LogP contribution in [0.25, 0.3) is 0 Å². The summed E-state index contributed by atoms with van der Waals surface area (Å²) >= 11 is 0. The molecule has 16 heteroatoms. The van der Waals surface area contributed by atoms with Crippen LogP contribution in [-0.2, 0) is 47.4 Å². The van der Waals surface area contributed by atoms with Gasteiger partial charge in [-0.25, -0.2) is 24.0 Å². The maximum Gasteiger partial charge on any atom is 0.338 e. The second kappa shape index (κ2) is 21.2. The summed E-state index contributed by atoms with van der Waals surface area (Å²) in [5.74, 6) is -5.36. The summed E-state index contributed by atoms with van der Waals surface area (Å²) in [6, 6.07) is 39.2. The Morgan fingerprint density at radius 2 is 0.859 bits per heavy atom. The minimum Gasteiger partial charge on any atom is -0.459 e. The molecule has 2 heterocycles. The van der Waals surface area contributed by atoms with Crippen molar-refractivity contribution in [3.05, 3.63) is 179 Å². The summed E-state index contributed by atoms with van der Waals surface area (Å²) in [5, 5.41) is 11.0. The number of esters is 6. The number of aliphatic hydroxyl groups excluding tert-OH is 1. The summed E-state index contributed by atoms with van der Waals surface area (Å²) < 4.78 is 53.7. The topological polar surface area (TPSA) is 206 Å². The largest absolute Gasteiger partial charge is 0.459 e. The van der Waals surface area contributed by atoms with E-state index in [0.29, 0.717) is 0 Å². The lowest BCUT2D eigenvalue weighted by molar-refractivity contribution is -0.338. The number of ether oxygens (including phenoxy) is 9. The summed E-state index contributed by atoms with van der Waals surface area (Å²) in [5.41, 5.74) is 0.484. The zero-order chi connectivity index (χ0) is 45.0. The van der Waals surface area contributed by atoms with Crippen LogP contribution in [-0.4, -0.2) is 109 Å². The molecule has 0 radical (unpaired) electrons. The standard InChI is InChI=1S/C48H42O16/c1-29(49)58-38-36(28-57-47(55)40(38)63-45(53)33-23-13-5-14-24-33)60-48-41(64-46(54)34-25-15-6-16-26-34)39(62-44(52)32-21-11-4-12-22-32)37(61-43(51)31-19-9-3-10-20-31)35(59-48)27-56-42(50)30-17-7-2-8-18-30/h2-26,35-41,47-48,55H,27-28H2,1H3/t35-,36-,37+,38+,39+,40-,41-,47+,48+/m1/s1. The monoisotopic (exact) mass is 874 g/mol. The van der Waals surface area contributed by atoms with E-state index in [0.717, 1.165) is 6.92 Å². The molecule has 16 nitrogen and oxygen atoms in total. The predicted molar refractivity (Wildman–Crippen MR) is 220 cm³/mol. The number of carbonyl (C=O) groups is 6. The van der Waals surface area contributed by atoms with Gasteiger partial charge in [-0.05, 0) is 60.7 Å². The van der Waals surface area contributed by atoms with Gasteiger partial charge in [-0.2, -0.15) is 0 Å². The Kier molecular flexibility index (Phi) is 14.9. The first-order chi connectivity index (χ1) is 31.0. The third kappa shape index (κ3) is 11.2. The van der Waals surface area contributed by atoms with Crippen molar-refractivity contribution < 1.29 is 76.5 Å². The minimum absolute atomic E-state index is 0.0564. The van der Waals surface area contributed by atoms with Gasteiger partial charge in [-0.15, -0.1) is 0 Å². The molecule has 0 unspecified atom stereocenters. The van der Waals surface area contributed by atoms with Gasteiger partial charge in [0, 0.05) is 6.92 Å². The van der Waals surface area contributed by atoms with E-state index in [9.17, 15) is 33.9 Å². The SMILES string of the molecule is CC(=O)O[C@@H]1[C@@H](OC(=O)c2ccccc2)[C@@H](O)OC[C@H]1O[C@@H]1O[C@H](COC(=O)c2ccccc2)[C@H](OC(=O)c2ccccc2)[C@H](OC(=O)c2ccccc2)[C@H]1OC(=O)c1ccccc1. The second-order valence-electron chi connectivity index (χ2n) is 14.4. The number of rotatable bonds is 14. The molecular weight excluding hydrogens is 833 g/mol. The van der Waals surface area contributed by atoms with E-state index >= 15 is 0 Å². The minimum atomic E-state index is -1.85. The van der Waals surface area contributed by atoms with Crippen molar-refractivity contribution in [2.45, 2.75) is 62.2 Å². The van der Waals surface area contributed by atoms with Crippen LogP contribution in [0.15, 0.2) is 152 Å². The molecule has 0 saturated carbocycles. The number of aliphatic hydroxyl groups is 1. The van der Waals surface area contributed by atoms with E-state index < -0.39 is 104 Å². The maximum absolute atomic E-state index is 14.0. The second-order valence-corrected chi connectivity index (χ2v) is 14.4. The normalized spacial score (nSPS) is 23.9. The number of carbonyl (C=O) groups excluding carboxylic acids is 6. The van der Waals surface area contributed by atoms with E-state index in [-0.39, 0.29) is 27.8 Å². The number of benzene rings is 5. The highest BCUT2D eigenvalue weighted by atomic mass is 16.8. The summed E-state index contributed by atoms with van der Waals surface area (Å²) in [6.07, 6.45) is -15.2. The average molecular weight is 875 g/mol. The molecule has 0 aromatic heterocycles. The zero-order valence-electron chi connectivity index (χ0n) is 34.1. The smallest absolute Gasteiger partial charge is 0.338 e. The fourth-order valence-corrected chi connectivity index (χ4v) is 6.91. The first kappa shape index (κ1) is 44.8. The molecule has 0 spiro atoms. The van der Waals surface area contributed by atoms with Crippen molar-refractivity contribution in [1.29, 1.82) is 0 Å². The van der Waals surface area contributed by atoms with Crippen LogP contribution in [0, 0.1) is 0 Å². The molecule has 2 aliphatic rings. The third-order valence-electron chi connectivity index (χ3n) is 10.0. The fraction of sp³-hybridized carbons (Fsp3) is 0.250. The highest BCUT2D eigenvalue weighted by Crippen LogP contribution is 2.34. The predicted octanol–water partition coefficient (Wildman–Crippen LogP) is 5.14. The molecule has 9 atom stereocenters. The molecule has 2 aliphatic heterocycles. The van der Waals surface area contributed by atoms with Crippen molar-refractivity contribution >= 4 is 35.8 Å². The molecule has 2 saturated heterocycles. The highest BCUT2D eigenvalue weighted by Gasteiger charge is 2.56. The lowest BCUT2D eigenvalue weighted by Gasteiger charge is -2.46. The quantitative estimate of drug-likeness (QED) is 0.113. The van der Waals surface area contributed by atoms with Crippen LogP contribution in [0.2, 0.25) is 0 Å². The molecule has 330 valence electrons. The molecular formula is C48H42O16. The molecule has 64 heavy (non-hydrogen) atoms. The zero-order valence-corrected chi connectivity index (χ0v) is 34.1. The molecule has 2 fully saturated rings. The van der Waals surface area contributed by atoms with Gasteiger partial charge in [0.05, 0.1) is 34.4 Å². The molecule has 7 rings (SSSR count). The Labute approximate surface area is 366 Å². The molecule has 1 N–H and O–H groups in total. The van der Waals surface area contributed by atoms with Crippen LogP contribution in [0.4, 0.5) is 0 Å². The van der Waals surface area contributed by atoms with Crippen LogP contribution in [0.1, 0.15) is 58.7 Å². The summed E-state index contributed by atoms with van der Waals surface area (Å²) in [7, 11) is 0. The van der Waals surface area contributed by atoms with Gasteiger partial charge in [0.2, 0.25) is 0 Å². The Hall–Kier alpha value is -7.24. The van der Waals surface area contributed by atoms with Gasteiger partial charge in [0.1, 0.15) is 18.8 Å². The molecule has 5 aromatic rings. The highest BCUT2D eigenvalue weighted by molar-refractivity contribution is 5.92. The molecule has 0 aliphatic carbocycles. The van der Waals surface area contributed by atoms with E-state index in [2.05, 4.69) is 0 Å². The van der Waals surface area contributed by atoms with Crippen molar-refractivity contribution in [2.75, 3.05) is 13.2 Å². The maximum atomic E-state index is 14.0. The summed E-state index contributed by atoms with van der Waals surface area (Å²) in [6.45, 7) is -0.0890. The Morgan fingerprint density at radius 3 is 1.28 bits per heavy atom. The van der Waals surface area contributed by atoms with E-state index in [1.165, 1.54) is 60.7 Å². The van der Waals surface area contributed by atoms with Crippen molar-refractivity contribution in [3.63, 3.8) is 0 Å². The molecule has 0 bridgehead atoms.